The van der Waals surface area contributed by atoms with E-state index in [9.17, 15) is 9.59 Å². The highest BCUT2D eigenvalue weighted by Crippen LogP contribution is 2.33. The summed E-state index contributed by atoms with van der Waals surface area (Å²) < 4.78 is 11.0. The number of nitrogens with one attached hydrogen (secondary N) is 1. The van der Waals surface area contributed by atoms with Crippen molar-refractivity contribution in [2.24, 2.45) is 0 Å². The molecule has 1 fully saturated rings. The van der Waals surface area contributed by atoms with E-state index in [1.165, 1.54) is 4.90 Å². The van der Waals surface area contributed by atoms with Crippen LogP contribution in [0.15, 0.2) is 48.5 Å². The molecule has 164 valence electrons. The number of methoxy groups -OCH3 is 1. The number of carbonyl (C=O) groups is 2. The van der Waals surface area contributed by atoms with E-state index in [0.717, 1.165) is 37.2 Å². The molecule has 2 unspecified atom stereocenters. The van der Waals surface area contributed by atoms with E-state index in [1.807, 2.05) is 36.4 Å². The van der Waals surface area contributed by atoms with Gasteiger partial charge in [-0.2, -0.15) is 0 Å². The molecule has 0 aliphatic carbocycles. The minimum atomic E-state index is -0.614. The molecule has 1 saturated heterocycles. The quantitative estimate of drug-likeness (QED) is 0.742. The largest absolute Gasteiger partial charge is 0.497 e. The highest BCUT2D eigenvalue weighted by molar-refractivity contribution is 6.03. The molecule has 0 spiro atoms. The standard InChI is InChI=1S/C24H29N3O4/c1-17-24(29)27(20-10-3-4-11-22(20)31-17)16-23(28)25-15-21(26-12-5-6-13-26)18-8-7-9-19(14-18)30-2/h3-4,7-11,14,17,21H,5-6,12-13,15-16H2,1-2H3,(H,25,28). The monoisotopic (exact) mass is 423 g/mol. The van der Waals surface area contributed by atoms with Gasteiger partial charge >= 0.3 is 0 Å². The van der Waals surface area contributed by atoms with Crippen LogP contribution >= 0.6 is 0 Å². The summed E-state index contributed by atoms with van der Waals surface area (Å²) in [6.07, 6.45) is 1.70. The number of rotatable bonds is 7. The van der Waals surface area contributed by atoms with Crippen molar-refractivity contribution in [1.29, 1.82) is 0 Å². The molecule has 2 atom stereocenters. The number of fused-ring (bicyclic) bond motifs is 1. The molecule has 7 nitrogen and oxygen atoms in total. The molecule has 7 heteroatoms. The van der Waals surface area contributed by atoms with Crippen LogP contribution in [-0.4, -0.2) is 56.1 Å². The van der Waals surface area contributed by atoms with Crippen molar-refractivity contribution in [3.8, 4) is 11.5 Å². The molecule has 2 aliphatic rings. The normalized spacial score (nSPS) is 19.5. The van der Waals surface area contributed by atoms with Gasteiger partial charge in [-0.3, -0.25) is 19.4 Å². The lowest BCUT2D eigenvalue weighted by molar-refractivity contribution is -0.128. The lowest BCUT2D eigenvalue weighted by Gasteiger charge is -2.33. The third-order valence-electron chi connectivity index (χ3n) is 5.93. The van der Waals surface area contributed by atoms with Crippen molar-refractivity contribution in [3.63, 3.8) is 0 Å². The van der Waals surface area contributed by atoms with Gasteiger partial charge in [-0.25, -0.2) is 0 Å². The van der Waals surface area contributed by atoms with Gasteiger partial charge < -0.3 is 14.8 Å². The number of nitrogens with zero attached hydrogens (tertiary/aromatic N) is 2. The Balaban J connectivity index is 1.46. The van der Waals surface area contributed by atoms with Crippen LogP contribution in [0.2, 0.25) is 0 Å². The van der Waals surface area contributed by atoms with Crippen molar-refractivity contribution in [1.82, 2.24) is 10.2 Å². The van der Waals surface area contributed by atoms with Gasteiger partial charge in [0.05, 0.1) is 18.8 Å². The summed E-state index contributed by atoms with van der Waals surface area (Å²) in [5.74, 6) is 1.02. The molecule has 0 radical (unpaired) electrons. The number of ether oxygens (including phenoxy) is 2. The maximum atomic E-state index is 12.9. The molecule has 0 saturated carbocycles. The van der Waals surface area contributed by atoms with Crippen LogP contribution in [0.4, 0.5) is 5.69 Å². The fourth-order valence-electron chi connectivity index (χ4n) is 4.29. The number of likely N-dealkylation sites (tertiary alicyclic amines) is 1. The maximum Gasteiger partial charge on any atom is 0.268 e. The zero-order valence-corrected chi connectivity index (χ0v) is 18.0. The maximum absolute atomic E-state index is 12.9. The molecular formula is C24H29N3O4. The van der Waals surface area contributed by atoms with Gasteiger partial charge in [0.15, 0.2) is 6.10 Å². The number of anilines is 1. The van der Waals surface area contributed by atoms with Crippen molar-refractivity contribution in [3.05, 3.63) is 54.1 Å². The first kappa shape index (κ1) is 21.2. The Morgan fingerprint density at radius 1 is 1.19 bits per heavy atom. The zero-order chi connectivity index (χ0) is 21.8. The predicted molar refractivity (Wildman–Crippen MR) is 118 cm³/mol. The molecule has 2 aliphatic heterocycles. The molecule has 4 rings (SSSR count). The van der Waals surface area contributed by atoms with Crippen LogP contribution < -0.4 is 19.7 Å². The lowest BCUT2D eigenvalue weighted by Crippen LogP contribution is -2.49. The first-order valence-corrected chi connectivity index (χ1v) is 10.8. The smallest absolute Gasteiger partial charge is 0.268 e. The fraction of sp³-hybridized carbons (Fsp3) is 0.417. The Labute approximate surface area is 182 Å². The van der Waals surface area contributed by atoms with E-state index in [4.69, 9.17) is 9.47 Å². The molecule has 31 heavy (non-hydrogen) atoms. The SMILES string of the molecule is COc1cccc(C(CNC(=O)CN2C(=O)C(C)Oc3ccccc32)N2CCCC2)c1. The average molecular weight is 424 g/mol. The number of carbonyl (C=O) groups excluding carboxylic acids is 2. The van der Waals surface area contributed by atoms with Crippen LogP contribution in [0.3, 0.4) is 0 Å². The van der Waals surface area contributed by atoms with Crippen molar-refractivity contribution < 1.29 is 19.1 Å². The lowest BCUT2D eigenvalue weighted by atomic mass is 10.0. The number of hydrogen-bond donors (Lipinski definition) is 1. The van der Waals surface area contributed by atoms with E-state index in [1.54, 1.807) is 20.1 Å². The van der Waals surface area contributed by atoms with Gasteiger partial charge in [-0.1, -0.05) is 24.3 Å². The second-order valence-corrected chi connectivity index (χ2v) is 7.99. The Kier molecular flexibility index (Phi) is 6.42. The Morgan fingerprint density at radius 2 is 1.97 bits per heavy atom. The first-order valence-electron chi connectivity index (χ1n) is 10.8. The molecular weight excluding hydrogens is 394 g/mol. The third-order valence-corrected chi connectivity index (χ3v) is 5.93. The third kappa shape index (κ3) is 4.66. The number of para-hydroxylation sites is 2. The number of benzene rings is 2. The molecule has 2 aromatic carbocycles. The van der Waals surface area contributed by atoms with E-state index < -0.39 is 6.10 Å². The van der Waals surface area contributed by atoms with E-state index >= 15 is 0 Å². The van der Waals surface area contributed by atoms with E-state index in [-0.39, 0.29) is 24.4 Å². The minimum Gasteiger partial charge on any atom is -0.497 e. The molecule has 2 heterocycles. The Morgan fingerprint density at radius 3 is 2.74 bits per heavy atom. The summed E-state index contributed by atoms with van der Waals surface area (Å²) in [6, 6.07) is 15.4. The van der Waals surface area contributed by atoms with Crippen LogP contribution in [0.25, 0.3) is 0 Å². The molecule has 2 aromatic rings. The summed E-state index contributed by atoms with van der Waals surface area (Å²) in [7, 11) is 1.66. The van der Waals surface area contributed by atoms with Crippen LogP contribution in [-0.2, 0) is 9.59 Å². The second-order valence-electron chi connectivity index (χ2n) is 7.99. The molecule has 2 amide bonds. The summed E-state index contributed by atoms with van der Waals surface area (Å²) in [5.41, 5.74) is 1.74. The van der Waals surface area contributed by atoms with Crippen LogP contribution in [0.5, 0.6) is 11.5 Å². The highest BCUT2D eigenvalue weighted by Gasteiger charge is 2.33. The van der Waals surface area contributed by atoms with Gasteiger partial charge in [0.2, 0.25) is 5.91 Å². The molecule has 1 N–H and O–H groups in total. The fourth-order valence-corrected chi connectivity index (χ4v) is 4.29. The van der Waals surface area contributed by atoms with Gasteiger partial charge in [0.25, 0.3) is 5.91 Å². The topological polar surface area (TPSA) is 71.1 Å². The molecule has 0 aromatic heterocycles. The first-order chi connectivity index (χ1) is 15.1. The van der Waals surface area contributed by atoms with Crippen LogP contribution in [0, 0.1) is 0 Å². The highest BCUT2D eigenvalue weighted by atomic mass is 16.5. The summed E-state index contributed by atoms with van der Waals surface area (Å²) >= 11 is 0. The van der Waals surface area contributed by atoms with Gasteiger partial charge in [-0.05, 0) is 62.7 Å². The number of amides is 2. The summed E-state index contributed by atoms with van der Waals surface area (Å²) in [6.45, 7) is 4.15. The number of hydrogen-bond acceptors (Lipinski definition) is 5. The molecule has 0 bridgehead atoms. The second kappa shape index (κ2) is 9.39. The van der Waals surface area contributed by atoms with E-state index in [2.05, 4.69) is 16.3 Å². The Hall–Kier alpha value is -3.06. The van der Waals surface area contributed by atoms with Gasteiger partial charge in [-0.15, -0.1) is 0 Å². The van der Waals surface area contributed by atoms with Crippen molar-refractivity contribution in [2.75, 3.05) is 38.2 Å². The minimum absolute atomic E-state index is 0.0334. The van der Waals surface area contributed by atoms with Crippen molar-refractivity contribution >= 4 is 17.5 Å². The zero-order valence-electron chi connectivity index (χ0n) is 18.0. The van der Waals surface area contributed by atoms with Crippen molar-refractivity contribution in [2.45, 2.75) is 31.9 Å². The van der Waals surface area contributed by atoms with Gasteiger partial charge in [0, 0.05) is 6.54 Å². The summed E-state index contributed by atoms with van der Waals surface area (Å²) in [5, 5.41) is 3.05. The van der Waals surface area contributed by atoms with E-state index in [0.29, 0.717) is 18.0 Å². The van der Waals surface area contributed by atoms with Gasteiger partial charge in [0.1, 0.15) is 18.0 Å². The summed E-state index contributed by atoms with van der Waals surface area (Å²) in [4.78, 5) is 29.4. The average Bonchev–Trinajstić information content (AvgIpc) is 3.32. The Bertz CT molecular complexity index is 942. The predicted octanol–water partition coefficient (Wildman–Crippen LogP) is 2.76. The van der Waals surface area contributed by atoms with Crippen LogP contribution in [0.1, 0.15) is 31.4 Å².